The third-order valence-corrected chi connectivity index (χ3v) is 3.82. The molecule has 1 aromatic rings. The molecule has 1 aromatic carbocycles. The van der Waals surface area contributed by atoms with Gasteiger partial charge in [-0.25, -0.2) is 0 Å². The molecule has 0 saturated heterocycles. The molecule has 0 aliphatic carbocycles. The Morgan fingerprint density at radius 1 is 1.35 bits per heavy atom. The summed E-state index contributed by atoms with van der Waals surface area (Å²) in [4.78, 5) is 11.9. The first kappa shape index (κ1) is 16.8. The molecule has 0 saturated carbocycles. The molecule has 0 radical (unpaired) electrons. The molecule has 1 N–H and O–H groups in total. The minimum atomic E-state index is -2.84. The molecule has 0 bridgehead atoms. The van der Waals surface area contributed by atoms with Gasteiger partial charge in [-0.3, -0.25) is 4.79 Å². The molecule has 1 unspecified atom stereocenters. The molecule has 1 rings (SSSR count). The number of thioether (sulfide) groups is 1. The second-order valence-electron chi connectivity index (χ2n) is 4.26. The Labute approximate surface area is 122 Å². The lowest BCUT2D eigenvalue weighted by Crippen LogP contribution is -2.22. The van der Waals surface area contributed by atoms with Crippen LogP contribution in [0.4, 0.5) is 14.5 Å². The van der Waals surface area contributed by atoms with Crippen LogP contribution in [-0.2, 0) is 4.79 Å². The van der Waals surface area contributed by atoms with Crippen LogP contribution < -0.4 is 10.1 Å². The number of carbonyl (C=O) groups is 1. The summed E-state index contributed by atoms with van der Waals surface area (Å²) in [7, 11) is 0. The maximum atomic E-state index is 12.0. The number of nitrogens with one attached hydrogen (secondary N) is 1. The molecule has 112 valence electrons. The SMILES string of the molecule is CCCCSC(C)C(=O)Nc1ccc(OC(F)F)cc1. The Morgan fingerprint density at radius 2 is 2.00 bits per heavy atom. The third-order valence-electron chi connectivity index (χ3n) is 2.58. The molecule has 0 heterocycles. The number of carbonyl (C=O) groups excluding carboxylic acids is 1. The molecule has 0 fully saturated rings. The maximum absolute atomic E-state index is 12.0. The van der Waals surface area contributed by atoms with Gasteiger partial charge in [-0.15, -0.1) is 11.8 Å². The number of rotatable bonds is 8. The van der Waals surface area contributed by atoms with Crippen molar-refractivity contribution in [2.45, 2.75) is 38.6 Å². The van der Waals surface area contributed by atoms with Crippen LogP contribution in [0.5, 0.6) is 5.75 Å². The zero-order chi connectivity index (χ0) is 15.0. The standard InChI is InChI=1S/C14H19F2NO2S/c1-3-4-9-20-10(2)13(18)17-11-5-7-12(8-6-11)19-14(15)16/h5-8,10,14H,3-4,9H2,1-2H3,(H,17,18). The maximum Gasteiger partial charge on any atom is 0.387 e. The van der Waals surface area contributed by atoms with Gasteiger partial charge in [0.1, 0.15) is 5.75 Å². The first-order chi connectivity index (χ1) is 9.52. The monoisotopic (exact) mass is 303 g/mol. The number of benzene rings is 1. The van der Waals surface area contributed by atoms with E-state index in [2.05, 4.69) is 17.0 Å². The van der Waals surface area contributed by atoms with Crippen LogP contribution in [0.3, 0.4) is 0 Å². The van der Waals surface area contributed by atoms with E-state index in [1.165, 1.54) is 12.1 Å². The summed E-state index contributed by atoms with van der Waals surface area (Å²) in [5.74, 6) is 0.934. The number of ether oxygens (including phenoxy) is 1. The lowest BCUT2D eigenvalue weighted by atomic mass is 10.3. The Balaban J connectivity index is 2.45. The van der Waals surface area contributed by atoms with Gasteiger partial charge in [-0.1, -0.05) is 13.3 Å². The van der Waals surface area contributed by atoms with Crippen LogP contribution in [-0.4, -0.2) is 23.5 Å². The smallest absolute Gasteiger partial charge is 0.387 e. The summed E-state index contributed by atoms with van der Waals surface area (Å²) in [6, 6.07) is 5.88. The van der Waals surface area contributed by atoms with Gasteiger partial charge in [-0.05, 0) is 43.4 Å². The van der Waals surface area contributed by atoms with Crippen LogP contribution in [0.1, 0.15) is 26.7 Å². The summed E-state index contributed by atoms with van der Waals surface area (Å²) < 4.78 is 28.2. The molecule has 1 atom stereocenters. The van der Waals surface area contributed by atoms with Gasteiger partial charge in [0.2, 0.25) is 5.91 Å². The van der Waals surface area contributed by atoms with Crippen molar-refractivity contribution in [3.05, 3.63) is 24.3 Å². The quantitative estimate of drug-likeness (QED) is 0.733. The van der Waals surface area contributed by atoms with Crippen LogP contribution in [0.2, 0.25) is 0 Å². The normalized spacial score (nSPS) is 12.2. The molecule has 0 aliphatic rings. The van der Waals surface area contributed by atoms with Crippen molar-refractivity contribution in [1.82, 2.24) is 0 Å². The van der Waals surface area contributed by atoms with Crippen molar-refractivity contribution in [2.75, 3.05) is 11.1 Å². The number of hydrogen-bond acceptors (Lipinski definition) is 3. The average molecular weight is 303 g/mol. The van der Waals surface area contributed by atoms with E-state index in [1.807, 2.05) is 6.92 Å². The van der Waals surface area contributed by atoms with Gasteiger partial charge < -0.3 is 10.1 Å². The minimum absolute atomic E-state index is 0.0726. The molecule has 0 spiro atoms. The second kappa shape index (κ2) is 8.79. The molecule has 0 aromatic heterocycles. The van der Waals surface area contributed by atoms with E-state index in [0.717, 1.165) is 18.6 Å². The lowest BCUT2D eigenvalue weighted by molar-refractivity contribution is -0.115. The topological polar surface area (TPSA) is 38.3 Å². The number of halogens is 2. The molecule has 20 heavy (non-hydrogen) atoms. The van der Waals surface area contributed by atoms with Crippen LogP contribution in [0, 0.1) is 0 Å². The van der Waals surface area contributed by atoms with Gasteiger partial charge in [0.05, 0.1) is 5.25 Å². The van der Waals surface area contributed by atoms with Gasteiger partial charge in [0, 0.05) is 5.69 Å². The number of hydrogen-bond donors (Lipinski definition) is 1. The minimum Gasteiger partial charge on any atom is -0.435 e. The summed E-state index contributed by atoms with van der Waals surface area (Å²) >= 11 is 1.60. The molecule has 3 nitrogen and oxygen atoms in total. The Kier molecular flexibility index (Phi) is 7.36. The van der Waals surface area contributed by atoms with Gasteiger partial charge in [0.25, 0.3) is 0 Å². The zero-order valence-corrected chi connectivity index (χ0v) is 12.4. The molecular formula is C14H19F2NO2S. The highest BCUT2D eigenvalue weighted by atomic mass is 32.2. The van der Waals surface area contributed by atoms with Crippen molar-refractivity contribution >= 4 is 23.4 Å². The number of unbranched alkanes of at least 4 members (excludes halogenated alkanes) is 1. The fourth-order valence-corrected chi connectivity index (χ4v) is 2.46. The molecule has 1 amide bonds. The second-order valence-corrected chi connectivity index (χ2v) is 5.71. The fourth-order valence-electron chi connectivity index (χ4n) is 1.44. The Hall–Kier alpha value is -1.30. The third kappa shape index (κ3) is 6.23. The average Bonchev–Trinajstić information content (AvgIpc) is 2.40. The number of anilines is 1. The van der Waals surface area contributed by atoms with Crippen molar-refractivity contribution in [2.24, 2.45) is 0 Å². The van der Waals surface area contributed by atoms with E-state index >= 15 is 0 Å². The fraction of sp³-hybridized carbons (Fsp3) is 0.500. The predicted octanol–water partition coefficient (Wildman–Crippen LogP) is 4.15. The summed E-state index contributed by atoms with van der Waals surface area (Å²) in [6.07, 6.45) is 2.19. The van der Waals surface area contributed by atoms with Crippen LogP contribution in [0.25, 0.3) is 0 Å². The van der Waals surface area contributed by atoms with Crippen molar-refractivity contribution in [1.29, 1.82) is 0 Å². The van der Waals surface area contributed by atoms with Gasteiger partial charge in [0.15, 0.2) is 0 Å². The highest BCUT2D eigenvalue weighted by Gasteiger charge is 2.13. The summed E-state index contributed by atoms with van der Waals surface area (Å²) in [6.45, 7) is 1.11. The van der Waals surface area contributed by atoms with Crippen LogP contribution in [0.15, 0.2) is 24.3 Å². The van der Waals surface area contributed by atoms with Gasteiger partial charge in [-0.2, -0.15) is 8.78 Å². The highest BCUT2D eigenvalue weighted by Crippen LogP contribution is 2.19. The van der Waals surface area contributed by atoms with Gasteiger partial charge >= 0.3 is 6.61 Å². The molecule has 0 aliphatic heterocycles. The van der Waals surface area contributed by atoms with E-state index in [-0.39, 0.29) is 16.9 Å². The Morgan fingerprint density at radius 3 is 2.55 bits per heavy atom. The van der Waals surface area contributed by atoms with Crippen molar-refractivity contribution in [3.63, 3.8) is 0 Å². The number of alkyl halides is 2. The van der Waals surface area contributed by atoms with Crippen LogP contribution >= 0.6 is 11.8 Å². The summed E-state index contributed by atoms with van der Waals surface area (Å²) in [5.41, 5.74) is 0.569. The van der Waals surface area contributed by atoms with E-state index in [9.17, 15) is 13.6 Å². The highest BCUT2D eigenvalue weighted by molar-refractivity contribution is 8.00. The molecule has 6 heteroatoms. The Bertz CT molecular complexity index is 412. The van der Waals surface area contributed by atoms with E-state index in [0.29, 0.717) is 5.69 Å². The van der Waals surface area contributed by atoms with Crippen molar-refractivity contribution < 1.29 is 18.3 Å². The van der Waals surface area contributed by atoms with Crippen molar-refractivity contribution in [3.8, 4) is 5.75 Å². The predicted molar refractivity (Wildman–Crippen MR) is 78.5 cm³/mol. The largest absolute Gasteiger partial charge is 0.435 e. The van der Waals surface area contributed by atoms with E-state index in [1.54, 1.807) is 23.9 Å². The lowest BCUT2D eigenvalue weighted by Gasteiger charge is -2.12. The van der Waals surface area contributed by atoms with E-state index in [4.69, 9.17) is 0 Å². The zero-order valence-electron chi connectivity index (χ0n) is 11.6. The molecular weight excluding hydrogens is 284 g/mol. The first-order valence-corrected chi connectivity index (χ1v) is 7.55. The first-order valence-electron chi connectivity index (χ1n) is 6.50. The van der Waals surface area contributed by atoms with E-state index < -0.39 is 6.61 Å². The number of amides is 1. The summed E-state index contributed by atoms with van der Waals surface area (Å²) in [5, 5.41) is 2.61.